The van der Waals surface area contributed by atoms with Crippen LogP contribution in [0.2, 0.25) is 0 Å². The van der Waals surface area contributed by atoms with Crippen LogP contribution in [0, 0.1) is 0 Å². The number of thioether (sulfide) groups is 1. The normalized spacial score (nSPS) is 17.8. The highest BCUT2D eigenvalue weighted by Gasteiger charge is 2.40. The fraction of sp³-hybridized carbons (Fsp3) is 0.333. The van der Waals surface area contributed by atoms with Gasteiger partial charge in [0, 0.05) is 23.7 Å². The van der Waals surface area contributed by atoms with Gasteiger partial charge in [-0.3, -0.25) is 14.4 Å². The van der Waals surface area contributed by atoms with Crippen LogP contribution in [0.5, 0.6) is 0 Å². The van der Waals surface area contributed by atoms with Gasteiger partial charge in [-0.25, -0.2) is 4.79 Å². The van der Waals surface area contributed by atoms with Crippen molar-refractivity contribution in [1.29, 1.82) is 0 Å². The van der Waals surface area contributed by atoms with E-state index in [-0.39, 0.29) is 18.4 Å². The van der Waals surface area contributed by atoms with Crippen LogP contribution in [0.25, 0.3) is 0 Å². The van der Waals surface area contributed by atoms with Gasteiger partial charge < -0.3 is 19.9 Å². The van der Waals surface area contributed by atoms with Crippen molar-refractivity contribution in [2.45, 2.75) is 29.4 Å². The molecule has 1 N–H and O–H groups in total. The van der Waals surface area contributed by atoms with Crippen LogP contribution < -0.4 is 10.2 Å². The van der Waals surface area contributed by atoms with Crippen molar-refractivity contribution >= 4 is 46.8 Å². The standard InChI is InChI=1S/C24H25N3O5S/c1-32-24(31)16-9-11-17(12-10-16)25-20(28)15-27-18-7-3-4-8-19(18)33-21(23(27)30)22(29)26-13-5-2-6-14-26/h3-4,7-12,21H,2,5-6,13-15H2,1H3,(H,25,28)/t21-/m0/s1. The summed E-state index contributed by atoms with van der Waals surface area (Å²) >= 11 is 1.25. The number of hydrogen-bond donors (Lipinski definition) is 1. The van der Waals surface area contributed by atoms with Crippen molar-refractivity contribution in [3.8, 4) is 0 Å². The van der Waals surface area contributed by atoms with Crippen molar-refractivity contribution in [3.05, 3.63) is 54.1 Å². The molecule has 0 aromatic heterocycles. The van der Waals surface area contributed by atoms with Crippen LogP contribution in [-0.2, 0) is 19.1 Å². The summed E-state index contributed by atoms with van der Waals surface area (Å²) in [7, 11) is 1.30. The third kappa shape index (κ3) is 5.03. The second-order valence-corrected chi connectivity index (χ2v) is 9.04. The first-order valence-electron chi connectivity index (χ1n) is 10.8. The Balaban J connectivity index is 1.50. The number of carbonyl (C=O) groups is 4. The Hall–Kier alpha value is -3.33. The number of ether oxygens (including phenoxy) is 1. The number of fused-ring (bicyclic) bond motifs is 1. The summed E-state index contributed by atoms with van der Waals surface area (Å²) in [5.41, 5.74) is 1.47. The maximum Gasteiger partial charge on any atom is 0.337 e. The number of nitrogens with one attached hydrogen (secondary N) is 1. The SMILES string of the molecule is COC(=O)c1ccc(NC(=O)CN2C(=O)[C@H](C(=O)N3CCCCC3)Sc3ccccc32)cc1. The number of benzene rings is 2. The first kappa shape index (κ1) is 22.8. The number of hydrogen-bond acceptors (Lipinski definition) is 6. The van der Waals surface area contributed by atoms with Gasteiger partial charge in [-0.2, -0.15) is 0 Å². The van der Waals surface area contributed by atoms with E-state index >= 15 is 0 Å². The molecule has 0 radical (unpaired) electrons. The average Bonchev–Trinajstić information content (AvgIpc) is 2.85. The molecule has 9 heteroatoms. The van der Waals surface area contributed by atoms with E-state index in [2.05, 4.69) is 10.1 Å². The molecular formula is C24H25N3O5S. The lowest BCUT2D eigenvalue weighted by atomic mass is 10.1. The number of rotatable bonds is 5. The number of likely N-dealkylation sites (tertiary alicyclic amines) is 1. The Morgan fingerprint density at radius 1 is 1.03 bits per heavy atom. The maximum atomic E-state index is 13.3. The lowest BCUT2D eigenvalue weighted by molar-refractivity contribution is -0.135. The van der Waals surface area contributed by atoms with Gasteiger partial charge in [0.25, 0.3) is 5.91 Å². The summed E-state index contributed by atoms with van der Waals surface area (Å²) in [6.07, 6.45) is 2.97. The summed E-state index contributed by atoms with van der Waals surface area (Å²) in [5, 5.41) is 1.85. The molecule has 0 aliphatic carbocycles. The van der Waals surface area contributed by atoms with Crippen LogP contribution in [0.15, 0.2) is 53.4 Å². The lowest BCUT2D eigenvalue weighted by Crippen LogP contribution is -2.52. The number of piperidine rings is 1. The number of anilines is 2. The Morgan fingerprint density at radius 3 is 2.42 bits per heavy atom. The minimum Gasteiger partial charge on any atom is -0.465 e. The molecule has 1 saturated heterocycles. The number of esters is 1. The number of carbonyl (C=O) groups excluding carboxylic acids is 4. The van der Waals surface area contributed by atoms with E-state index in [0.717, 1.165) is 24.2 Å². The molecule has 8 nitrogen and oxygen atoms in total. The van der Waals surface area contributed by atoms with Crippen molar-refractivity contribution in [2.24, 2.45) is 0 Å². The van der Waals surface area contributed by atoms with Crippen LogP contribution in [-0.4, -0.2) is 60.6 Å². The molecule has 0 unspecified atom stereocenters. The minimum atomic E-state index is -0.898. The molecule has 4 rings (SSSR count). The third-order valence-corrected chi connectivity index (χ3v) is 6.91. The van der Waals surface area contributed by atoms with Crippen molar-refractivity contribution < 1.29 is 23.9 Å². The highest BCUT2D eigenvalue weighted by atomic mass is 32.2. The second-order valence-electron chi connectivity index (χ2n) is 7.89. The van der Waals surface area contributed by atoms with Crippen LogP contribution >= 0.6 is 11.8 Å². The van der Waals surface area contributed by atoms with Crippen molar-refractivity contribution in [3.63, 3.8) is 0 Å². The first-order chi connectivity index (χ1) is 16.0. The summed E-state index contributed by atoms with van der Waals surface area (Å²) < 4.78 is 4.67. The van der Waals surface area contributed by atoms with E-state index in [0.29, 0.717) is 30.0 Å². The van der Waals surface area contributed by atoms with Gasteiger partial charge in [0.15, 0.2) is 5.25 Å². The van der Waals surface area contributed by atoms with Gasteiger partial charge in [0.2, 0.25) is 11.8 Å². The topological polar surface area (TPSA) is 96.0 Å². The summed E-state index contributed by atoms with van der Waals surface area (Å²) in [6, 6.07) is 13.6. The Bertz CT molecular complexity index is 1070. The molecule has 2 aromatic carbocycles. The molecule has 0 spiro atoms. The van der Waals surface area contributed by atoms with Crippen LogP contribution in [0.4, 0.5) is 11.4 Å². The molecule has 2 aromatic rings. The number of methoxy groups -OCH3 is 1. The zero-order valence-electron chi connectivity index (χ0n) is 18.3. The molecule has 0 saturated carbocycles. The molecular weight excluding hydrogens is 442 g/mol. The molecule has 3 amide bonds. The van der Waals surface area contributed by atoms with E-state index in [1.165, 1.54) is 23.8 Å². The fourth-order valence-electron chi connectivity index (χ4n) is 3.97. The first-order valence-corrected chi connectivity index (χ1v) is 11.7. The summed E-state index contributed by atoms with van der Waals surface area (Å²) in [6.45, 7) is 1.10. The minimum absolute atomic E-state index is 0.192. The number of nitrogens with zero attached hydrogens (tertiary/aromatic N) is 2. The van der Waals surface area contributed by atoms with E-state index in [4.69, 9.17) is 0 Å². The van der Waals surface area contributed by atoms with Gasteiger partial charge in [-0.05, 0) is 55.7 Å². The maximum absolute atomic E-state index is 13.3. The van der Waals surface area contributed by atoms with Crippen LogP contribution in [0.1, 0.15) is 29.6 Å². The number of para-hydroxylation sites is 1. The Morgan fingerprint density at radius 2 is 1.73 bits per heavy atom. The number of amides is 3. The Labute approximate surface area is 196 Å². The van der Waals surface area contributed by atoms with Gasteiger partial charge in [-0.15, -0.1) is 11.8 Å². The largest absolute Gasteiger partial charge is 0.465 e. The predicted molar refractivity (Wildman–Crippen MR) is 125 cm³/mol. The smallest absolute Gasteiger partial charge is 0.337 e. The second kappa shape index (κ2) is 10.1. The molecule has 2 heterocycles. The van der Waals surface area contributed by atoms with Crippen molar-refractivity contribution in [2.75, 3.05) is 37.0 Å². The predicted octanol–water partition coefficient (Wildman–Crippen LogP) is 2.93. The zero-order chi connectivity index (χ0) is 23.4. The summed E-state index contributed by atoms with van der Waals surface area (Å²) in [5.74, 6) is -1.45. The van der Waals surface area contributed by atoms with E-state index < -0.39 is 17.1 Å². The molecule has 2 aliphatic rings. The molecule has 1 atom stereocenters. The third-order valence-electron chi connectivity index (χ3n) is 5.67. The van der Waals surface area contributed by atoms with E-state index in [1.807, 2.05) is 12.1 Å². The monoisotopic (exact) mass is 467 g/mol. The molecule has 172 valence electrons. The van der Waals surface area contributed by atoms with Gasteiger partial charge in [-0.1, -0.05) is 12.1 Å². The fourth-order valence-corrected chi connectivity index (χ4v) is 5.16. The lowest BCUT2D eigenvalue weighted by Gasteiger charge is -2.36. The Kier molecular flexibility index (Phi) is 6.98. The zero-order valence-corrected chi connectivity index (χ0v) is 19.1. The molecule has 33 heavy (non-hydrogen) atoms. The highest BCUT2D eigenvalue weighted by Crippen LogP contribution is 2.40. The molecule has 2 aliphatic heterocycles. The molecule has 0 bridgehead atoms. The van der Waals surface area contributed by atoms with Gasteiger partial charge in [0.05, 0.1) is 18.4 Å². The highest BCUT2D eigenvalue weighted by molar-refractivity contribution is 8.01. The van der Waals surface area contributed by atoms with E-state index in [9.17, 15) is 19.2 Å². The summed E-state index contributed by atoms with van der Waals surface area (Å²) in [4.78, 5) is 54.8. The average molecular weight is 468 g/mol. The van der Waals surface area contributed by atoms with E-state index in [1.54, 1.807) is 41.3 Å². The van der Waals surface area contributed by atoms with Gasteiger partial charge >= 0.3 is 5.97 Å². The van der Waals surface area contributed by atoms with Crippen molar-refractivity contribution in [1.82, 2.24) is 4.90 Å². The molecule has 1 fully saturated rings. The van der Waals surface area contributed by atoms with Crippen LogP contribution in [0.3, 0.4) is 0 Å². The quantitative estimate of drug-likeness (QED) is 0.537. The van der Waals surface area contributed by atoms with Gasteiger partial charge in [0.1, 0.15) is 6.54 Å².